The Morgan fingerprint density at radius 3 is 2.44 bits per heavy atom. The largest absolute Gasteiger partial charge is 0.385 e. The SMILES string of the molecule is COCCCNC(=O)CN1CCN(C(C)=O)CC1. The fourth-order valence-corrected chi connectivity index (χ4v) is 1.92. The molecule has 0 atom stereocenters. The molecule has 0 radical (unpaired) electrons. The molecule has 104 valence electrons. The molecular weight excluding hydrogens is 234 g/mol. The van der Waals surface area contributed by atoms with Gasteiger partial charge in [0, 0.05) is 53.4 Å². The highest BCUT2D eigenvalue weighted by Gasteiger charge is 2.19. The molecule has 0 aromatic rings. The average molecular weight is 257 g/mol. The molecule has 0 spiro atoms. The molecule has 1 heterocycles. The van der Waals surface area contributed by atoms with Crippen molar-refractivity contribution in [3.05, 3.63) is 0 Å². The van der Waals surface area contributed by atoms with Gasteiger partial charge in [-0.2, -0.15) is 0 Å². The van der Waals surface area contributed by atoms with Gasteiger partial charge in [0.05, 0.1) is 6.54 Å². The molecule has 2 amide bonds. The van der Waals surface area contributed by atoms with Gasteiger partial charge >= 0.3 is 0 Å². The summed E-state index contributed by atoms with van der Waals surface area (Å²) in [6.45, 7) is 6.28. The zero-order valence-corrected chi connectivity index (χ0v) is 11.3. The van der Waals surface area contributed by atoms with Gasteiger partial charge in [0.15, 0.2) is 0 Å². The zero-order valence-electron chi connectivity index (χ0n) is 11.3. The summed E-state index contributed by atoms with van der Waals surface area (Å²) in [5.74, 6) is 0.154. The highest BCUT2D eigenvalue weighted by atomic mass is 16.5. The summed E-state index contributed by atoms with van der Waals surface area (Å²) in [7, 11) is 1.65. The van der Waals surface area contributed by atoms with E-state index in [2.05, 4.69) is 10.2 Å². The van der Waals surface area contributed by atoms with Crippen molar-refractivity contribution in [3.8, 4) is 0 Å². The van der Waals surface area contributed by atoms with Crippen molar-refractivity contribution in [2.75, 3.05) is 53.0 Å². The minimum absolute atomic E-state index is 0.0439. The van der Waals surface area contributed by atoms with Crippen molar-refractivity contribution in [3.63, 3.8) is 0 Å². The molecule has 0 aliphatic carbocycles. The van der Waals surface area contributed by atoms with Gasteiger partial charge in [-0.1, -0.05) is 0 Å². The molecule has 1 aliphatic heterocycles. The van der Waals surface area contributed by atoms with E-state index in [4.69, 9.17) is 4.74 Å². The van der Waals surface area contributed by atoms with E-state index < -0.39 is 0 Å². The van der Waals surface area contributed by atoms with Crippen LogP contribution in [-0.2, 0) is 14.3 Å². The number of piperazine rings is 1. The molecule has 0 bridgehead atoms. The smallest absolute Gasteiger partial charge is 0.234 e. The first kappa shape index (κ1) is 14.9. The molecule has 0 unspecified atom stereocenters. The second-order valence-corrected chi connectivity index (χ2v) is 4.48. The Balaban J connectivity index is 2.12. The third-order valence-electron chi connectivity index (χ3n) is 3.03. The molecule has 6 nitrogen and oxygen atoms in total. The van der Waals surface area contributed by atoms with Crippen molar-refractivity contribution in [1.29, 1.82) is 0 Å². The normalized spacial score (nSPS) is 16.7. The second-order valence-electron chi connectivity index (χ2n) is 4.48. The predicted octanol–water partition coefficient (Wildman–Crippen LogP) is -0.697. The minimum Gasteiger partial charge on any atom is -0.385 e. The van der Waals surface area contributed by atoms with Crippen molar-refractivity contribution in [2.24, 2.45) is 0 Å². The lowest BCUT2D eigenvalue weighted by atomic mass is 10.3. The maximum absolute atomic E-state index is 11.6. The van der Waals surface area contributed by atoms with Gasteiger partial charge < -0.3 is 15.0 Å². The van der Waals surface area contributed by atoms with E-state index in [0.29, 0.717) is 32.8 Å². The van der Waals surface area contributed by atoms with Gasteiger partial charge in [-0.3, -0.25) is 14.5 Å². The van der Waals surface area contributed by atoms with Gasteiger partial charge in [0.2, 0.25) is 11.8 Å². The number of amides is 2. The first-order chi connectivity index (χ1) is 8.63. The number of carbonyl (C=O) groups is 2. The Kier molecular flexibility index (Phi) is 6.67. The van der Waals surface area contributed by atoms with Crippen LogP contribution < -0.4 is 5.32 Å². The second kappa shape index (κ2) is 8.05. The molecular formula is C12H23N3O3. The van der Waals surface area contributed by atoms with Gasteiger partial charge in [0.25, 0.3) is 0 Å². The van der Waals surface area contributed by atoms with Gasteiger partial charge in [0.1, 0.15) is 0 Å². The van der Waals surface area contributed by atoms with Crippen molar-refractivity contribution < 1.29 is 14.3 Å². The summed E-state index contributed by atoms with van der Waals surface area (Å²) in [6.07, 6.45) is 0.834. The molecule has 0 aromatic heterocycles. The number of ether oxygens (including phenoxy) is 1. The van der Waals surface area contributed by atoms with Crippen LogP contribution in [0.15, 0.2) is 0 Å². The van der Waals surface area contributed by atoms with Crippen LogP contribution >= 0.6 is 0 Å². The van der Waals surface area contributed by atoms with Crippen LogP contribution in [0.3, 0.4) is 0 Å². The summed E-state index contributed by atoms with van der Waals surface area (Å²) in [5, 5.41) is 2.86. The first-order valence-electron chi connectivity index (χ1n) is 6.37. The summed E-state index contributed by atoms with van der Waals surface area (Å²) in [6, 6.07) is 0. The van der Waals surface area contributed by atoms with Crippen LogP contribution in [0.5, 0.6) is 0 Å². The fraction of sp³-hybridized carbons (Fsp3) is 0.833. The first-order valence-corrected chi connectivity index (χ1v) is 6.37. The van der Waals surface area contributed by atoms with Crippen molar-refractivity contribution in [1.82, 2.24) is 15.1 Å². The van der Waals surface area contributed by atoms with Gasteiger partial charge in [-0.15, -0.1) is 0 Å². The van der Waals surface area contributed by atoms with Crippen LogP contribution in [0.25, 0.3) is 0 Å². The monoisotopic (exact) mass is 257 g/mol. The maximum Gasteiger partial charge on any atom is 0.234 e. The Morgan fingerprint density at radius 1 is 1.22 bits per heavy atom. The minimum atomic E-state index is 0.0439. The Labute approximate surface area is 108 Å². The van der Waals surface area contributed by atoms with Crippen LogP contribution in [0.2, 0.25) is 0 Å². The highest BCUT2D eigenvalue weighted by molar-refractivity contribution is 5.78. The van der Waals surface area contributed by atoms with E-state index in [1.54, 1.807) is 14.0 Å². The molecule has 1 aliphatic rings. The number of carbonyl (C=O) groups excluding carboxylic acids is 2. The fourth-order valence-electron chi connectivity index (χ4n) is 1.92. The van der Waals surface area contributed by atoms with E-state index >= 15 is 0 Å². The van der Waals surface area contributed by atoms with E-state index in [1.807, 2.05) is 4.90 Å². The summed E-state index contributed by atoms with van der Waals surface area (Å²) >= 11 is 0. The quantitative estimate of drug-likeness (QED) is 0.639. The average Bonchev–Trinajstić information content (AvgIpc) is 2.35. The Hall–Kier alpha value is -1.14. The predicted molar refractivity (Wildman–Crippen MR) is 68.2 cm³/mol. The van der Waals surface area contributed by atoms with Crippen molar-refractivity contribution >= 4 is 11.8 Å². The van der Waals surface area contributed by atoms with Crippen LogP contribution in [-0.4, -0.2) is 74.6 Å². The number of hydrogen-bond donors (Lipinski definition) is 1. The molecule has 1 saturated heterocycles. The molecule has 0 aromatic carbocycles. The van der Waals surface area contributed by atoms with E-state index in [0.717, 1.165) is 19.5 Å². The van der Waals surface area contributed by atoms with Crippen molar-refractivity contribution in [2.45, 2.75) is 13.3 Å². The summed E-state index contributed by atoms with van der Waals surface area (Å²) in [4.78, 5) is 26.6. The third-order valence-corrected chi connectivity index (χ3v) is 3.03. The maximum atomic E-state index is 11.6. The van der Waals surface area contributed by atoms with E-state index in [9.17, 15) is 9.59 Å². The van der Waals surface area contributed by atoms with E-state index in [1.165, 1.54) is 0 Å². The lowest BCUT2D eigenvalue weighted by Crippen LogP contribution is -2.50. The zero-order chi connectivity index (χ0) is 13.4. The highest BCUT2D eigenvalue weighted by Crippen LogP contribution is 2.01. The molecule has 1 fully saturated rings. The Morgan fingerprint density at radius 2 is 1.89 bits per heavy atom. The molecule has 0 saturated carbocycles. The number of rotatable bonds is 6. The third kappa shape index (κ3) is 5.46. The Bertz CT molecular complexity index is 276. The standard InChI is InChI=1S/C12H23N3O3/c1-11(16)15-7-5-14(6-8-15)10-12(17)13-4-3-9-18-2/h3-10H2,1-2H3,(H,13,17). The van der Waals surface area contributed by atoms with E-state index in [-0.39, 0.29) is 11.8 Å². The van der Waals surface area contributed by atoms with Crippen LogP contribution in [0.1, 0.15) is 13.3 Å². The number of methoxy groups -OCH3 is 1. The van der Waals surface area contributed by atoms with Crippen LogP contribution in [0, 0.1) is 0 Å². The topological polar surface area (TPSA) is 61.9 Å². The molecule has 1 N–H and O–H groups in total. The number of hydrogen-bond acceptors (Lipinski definition) is 4. The van der Waals surface area contributed by atoms with Gasteiger partial charge in [-0.05, 0) is 6.42 Å². The molecule has 6 heteroatoms. The summed E-state index contributed by atoms with van der Waals surface area (Å²) in [5.41, 5.74) is 0. The van der Waals surface area contributed by atoms with Crippen LogP contribution in [0.4, 0.5) is 0 Å². The number of nitrogens with zero attached hydrogens (tertiary/aromatic N) is 2. The lowest BCUT2D eigenvalue weighted by molar-refractivity contribution is -0.131. The summed E-state index contributed by atoms with van der Waals surface area (Å²) < 4.78 is 4.91. The van der Waals surface area contributed by atoms with Gasteiger partial charge in [-0.25, -0.2) is 0 Å². The lowest BCUT2D eigenvalue weighted by Gasteiger charge is -2.33. The molecule has 1 rings (SSSR count). The molecule has 18 heavy (non-hydrogen) atoms. The number of nitrogens with one attached hydrogen (secondary N) is 1.